The van der Waals surface area contributed by atoms with Crippen LogP contribution in [0, 0.1) is 16.5 Å². The number of ether oxygens (including phenoxy) is 1. The molecule has 1 saturated heterocycles. The first-order chi connectivity index (χ1) is 13.1. The van der Waals surface area contributed by atoms with E-state index in [0.29, 0.717) is 28.9 Å². The van der Waals surface area contributed by atoms with E-state index in [0.717, 1.165) is 38.8 Å². The number of piperidine rings is 1. The first-order valence-electron chi connectivity index (χ1n) is 9.33. The normalized spacial score (nSPS) is 18.6. The summed E-state index contributed by atoms with van der Waals surface area (Å²) >= 11 is 5.66. The highest BCUT2D eigenvalue weighted by atomic mass is 32.1. The molecule has 2 fully saturated rings. The number of likely N-dealkylation sites (tertiary alicyclic amines) is 1. The van der Waals surface area contributed by atoms with Gasteiger partial charge in [-0.1, -0.05) is 12.1 Å². The molecular weight excluding hydrogens is 367 g/mol. The van der Waals surface area contributed by atoms with Gasteiger partial charge in [0.15, 0.2) is 10.6 Å². The minimum atomic E-state index is -0.287. The summed E-state index contributed by atoms with van der Waals surface area (Å²) in [6.07, 6.45) is 3.63. The van der Waals surface area contributed by atoms with Gasteiger partial charge in [0.25, 0.3) is 0 Å². The van der Waals surface area contributed by atoms with Gasteiger partial charge in [-0.3, -0.25) is 14.3 Å². The number of rotatable bonds is 5. The molecule has 8 heteroatoms. The van der Waals surface area contributed by atoms with E-state index in [1.807, 2.05) is 10.6 Å². The molecule has 6 nitrogen and oxygen atoms in total. The van der Waals surface area contributed by atoms with Gasteiger partial charge in [0.05, 0.1) is 25.3 Å². The van der Waals surface area contributed by atoms with Gasteiger partial charge >= 0.3 is 5.97 Å². The van der Waals surface area contributed by atoms with Crippen LogP contribution in [0.5, 0.6) is 0 Å². The largest absolute Gasteiger partial charge is 0.469 e. The highest BCUT2D eigenvalue weighted by molar-refractivity contribution is 7.71. The number of methoxy groups -OCH3 is 1. The Bertz CT molecular complexity index is 897. The van der Waals surface area contributed by atoms with E-state index in [2.05, 4.69) is 10.00 Å². The van der Waals surface area contributed by atoms with E-state index in [1.54, 1.807) is 16.8 Å². The van der Waals surface area contributed by atoms with Crippen LogP contribution in [0.1, 0.15) is 31.7 Å². The highest BCUT2D eigenvalue weighted by Gasteiger charge is 2.31. The predicted octanol–water partition coefficient (Wildman–Crippen LogP) is 3.40. The molecule has 0 radical (unpaired) electrons. The molecule has 2 aromatic rings. The summed E-state index contributed by atoms with van der Waals surface area (Å²) in [7, 11) is 1.43. The molecule has 0 unspecified atom stereocenters. The van der Waals surface area contributed by atoms with E-state index in [9.17, 15) is 9.18 Å². The second-order valence-corrected chi connectivity index (χ2v) is 7.61. The quantitative estimate of drug-likeness (QED) is 0.579. The zero-order valence-electron chi connectivity index (χ0n) is 15.3. The zero-order chi connectivity index (χ0) is 19.0. The molecule has 0 bridgehead atoms. The van der Waals surface area contributed by atoms with Gasteiger partial charge in [-0.05, 0) is 50.0 Å². The average molecular weight is 390 g/mol. The lowest BCUT2D eigenvalue weighted by molar-refractivity contribution is -0.147. The molecule has 0 atom stereocenters. The maximum absolute atomic E-state index is 14.3. The van der Waals surface area contributed by atoms with Crippen molar-refractivity contribution in [2.24, 2.45) is 5.92 Å². The lowest BCUT2D eigenvalue weighted by atomic mass is 9.97. The van der Waals surface area contributed by atoms with Gasteiger partial charge in [0, 0.05) is 19.1 Å². The Kier molecular flexibility index (Phi) is 5.10. The van der Waals surface area contributed by atoms with Crippen LogP contribution >= 0.6 is 12.2 Å². The van der Waals surface area contributed by atoms with Crippen molar-refractivity contribution >= 4 is 18.2 Å². The third-order valence-corrected chi connectivity index (χ3v) is 5.76. The number of nitrogens with zero attached hydrogens (tertiary/aromatic N) is 4. The molecule has 1 aliphatic carbocycles. The molecule has 2 heterocycles. The van der Waals surface area contributed by atoms with Crippen LogP contribution in [-0.2, 0) is 16.2 Å². The van der Waals surface area contributed by atoms with E-state index >= 15 is 0 Å². The molecule has 4 rings (SSSR count). The maximum atomic E-state index is 14.3. The van der Waals surface area contributed by atoms with Crippen LogP contribution < -0.4 is 0 Å². The number of hydrogen-bond acceptors (Lipinski definition) is 5. The lowest BCUT2D eigenvalue weighted by Gasteiger charge is -2.30. The molecule has 1 aliphatic heterocycles. The summed E-state index contributed by atoms with van der Waals surface area (Å²) < 4.78 is 23.6. The van der Waals surface area contributed by atoms with Gasteiger partial charge in [0.2, 0.25) is 0 Å². The number of carbonyl (C=O) groups excluding carboxylic acids is 1. The second-order valence-electron chi connectivity index (χ2n) is 7.24. The number of esters is 1. The Labute approximate surface area is 162 Å². The van der Waals surface area contributed by atoms with Crippen molar-refractivity contribution in [2.75, 3.05) is 20.2 Å². The Hall–Kier alpha value is -2.06. The monoisotopic (exact) mass is 390 g/mol. The average Bonchev–Trinajstić information content (AvgIpc) is 3.47. The fraction of sp³-hybridized carbons (Fsp3) is 0.526. The lowest BCUT2D eigenvalue weighted by Crippen LogP contribution is -2.38. The Balaban J connectivity index is 1.56. The number of carbonyl (C=O) groups is 1. The maximum Gasteiger partial charge on any atom is 0.308 e. The highest BCUT2D eigenvalue weighted by Crippen LogP contribution is 2.39. The first kappa shape index (κ1) is 18.3. The standard InChI is InChI=1S/C19H23FN4O2S/c1-26-18(25)13-8-10-22(11-9-13)12-23-19(27)24(14-6-7-14)17(21-23)15-4-2-3-5-16(15)20/h2-5,13-14H,6-12H2,1H3. The van der Waals surface area contributed by atoms with Crippen molar-refractivity contribution in [3.05, 3.63) is 34.9 Å². The molecule has 1 saturated carbocycles. The van der Waals surface area contributed by atoms with Gasteiger partial charge < -0.3 is 4.74 Å². The summed E-state index contributed by atoms with van der Waals surface area (Å²) in [5.41, 5.74) is 0.485. The first-order valence-corrected chi connectivity index (χ1v) is 9.73. The van der Waals surface area contributed by atoms with Crippen molar-refractivity contribution in [2.45, 2.75) is 38.4 Å². The van der Waals surface area contributed by atoms with E-state index in [1.165, 1.54) is 13.2 Å². The Morgan fingerprint density at radius 3 is 2.59 bits per heavy atom. The molecule has 27 heavy (non-hydrogen) atoms. The summed E-state index contributed by atoms with van der Waals surface area (Å²) in [5.74, 6) is 0.152. The van der Waals surface area contributed by atoms with Gasteiger partial charge in [-0.15, -0.1) is 0 Å². The van der Waals surface area contributed by atoms with E-state index in [4.69, 9.17) is 17.0 Å². The smallest absolute Gasteiger partial charge is 0.308 e. The van der Waals surface area contributed by atoms with E-state index < -0.39 is 0 Å². The van der Waals surface area contributed by atoms with E-state index in [-0.39, 0.29) is 17.7 Å². The predicted molar refractivity (Wildman–Crippen MR) is 101 cm³/mol. The fourth-order valence-corrected chi connectivity index (χ4v) is 4.00. The fourth-order valence-electron chi connectivity index (χ4n) is 3.67. The van der Waals surface area contributed by atoms with Crippen LogP contribution in [0.4, 0.5) is 4.39 Å². The molecule has 0 amide bonds. The summed E-state index contributed by atoms with van der Waals surface area (Å²) in [5, 5.41) is 4.67. The van der Waals surface area contributed by atoms with Crippen molar-refractivity contribution in [1.82, 2.24) is 19.2 Å². The van der Waals surface area contributed by atoms with Crippen LogP contribution in [0.15, 0.2) is 24.3 Å². The van der Waals surface area contributed by atoms with Crippen molar-refractivity contribution < 1.29 is 13.9 Å². The molecule has 2 aliphatic rings. The molecular formula is C19H23FN4O2S. The molecule has 1 aromatic heterocycles. The Morgan fingerprint density at radius 1 is 1.26 bits per heavy atom. The van der Waals surface area contributed by atoms with Gasteiger partial charge in [0.1, 0.15) is 5.82 Å². The summed E-state index contributed by atoms with van der Waals surface area (Å²) in [6.45, 7) is 2.12. The van der Waals surface area contributed by atoms with Gasteiger partial charge in [-0.2, -0.15) is 5.10 Å². The summed E-state index contributed by atoms with van der Waals surface area (Å²) in [4.78, 5) is 13.9. The number of benzene rings is 1. The SMILES string of the molecule is COC(=O)C1CCN(Cn2nc(-c3ccccc3F)n(C3CC3)c2=S)CC1. The molecule has 144 valence electrons. The summed E-state index contributed by atoms with van der Waals surface area (Å²) in [6, 6.07) is 7.00. The number of hydrogen-bond donors (Lipinski definition) is 0. The number of halogens is 1. The van der Waals surface area contributed by atoms with Crippen LogP contribution in [-0.4, -0.2) is 45.4 Å². The molecule has 0 spiro atoms. The molecule has 0 N–H and O–H groups in total. The topological polar surface area (TPSA) is 52.3 Å². The number of aromatic nitrogens is 3. The minimum Gasteiger partial charge on any atom is -0.469 e. The zero-order valence-corrected chi connectivity index (χ0v) is 16.1. The third kappa shape index (κ3) is 3.68. The molecule has 1 aromatic carbocycles. The van der Waals surface area contributed by atoms with Gasteiger partial charge in [-0.25, -0.2) is 9.07 Å². The van der Waals surface area contributed by atoms with Crippen molar-refractivity contribution in [3.63, 3.8) is 0 Å². The van der Waals surface area contributed by atoms with Crippen molar-refractivity contribution in [1.29, 1.82) is 0 Å². The van der Waals surface area contributed by atoms with Crippen molar-refractivity contribution in [3.8, 4) is 11.4 Å². The minimum absolute atomic E-state index is 0.0304. The second kappa shape index (κ2) is 7.52. The Morgan fingerprint density at radius 2 is 1.96 bits per heavy atom. The van der Waals surface area contributed by atoms with Crippen LogP contribution in [0.2, 0.25) is 0 Å². The van der Waals surface area contributed by atoms with Crippen LogP contribution in [0.25, 0.3) is 11.4 Å². The third-order valence-electron chi connectivity index (χ3n) is 5.35. The van der Waals surface area contributed by atoms with Crippen LogP contribution in [0.3, 0.4) is 0 Å².